The first-order valence-corrected chi connectivity index (χ1v) is 7.58. The molecule has 0 atom stereocenters. The van der Waals surface area contributed by atoms with E-state index in [-0.39, 0.29) is 0 Å². The SMILES string of the molecule is Cc1cccc(-c2c(CN)nnn2-c2nc(C)c(C)s2)c1. The van der Waals surface area contributed by atoms with E-state index < -0.39 is 0 Å². The zero-order chi connectivity index (χ0) is 15.0. The summed E-state index contributed by atoms with van der Waals surface area (Å²) < 4.78 is 1.79. The fraction of sp³-hybridized carbons (Fsp3) is 0.267. The molecule has 0 saturated heterocycles. The molecule has 0 unspecified atom stereocenters. The van der Waals surface area contributed by atoms with E-state index in [4.69, 9.17) is 5.73 Å². The predicted molar refractivity (Wildman–Crippen MR) is 84.6 cm³/mol. The van der Waals surface area contributed by atoms with E-state index in [1.54, 1.807) is 16.0 Å². The number of nitrogens with zero attached hydrogens (tertiary/aromatic N) is 4. The van der Waals surface area contributed by atoms with Gasteiger partial charge in [0, 0.05) is 17.0 Å². The number of hydrogen-bond donors (Lipinski definition) is 1. The summed E-state index contributed by atoms with van der Waals surface area (Å²) in [6.07, 6.45) is 0. The fourth-order valence-electron chi connectivity index (χ4n) is 2.21. The van der Waals surface area contributed by atoms with Crippen LogP contribution in [0.1, 0.15) is 21.8 Å². The average molecular weight is 299 g/mol. The van der Waals surface area contributed by atoms with Crippen molar-refractivity contribution in [1.29, 1.82) is 0 Å². The Morgan fingerprint density at radius 2 is 2.05 bits per heavy atom. The lowest BCUT2D eigenvalue weighted by Gasteiger charge is -2.06. The molecule has 21 heavy (non-hydrogen) atoms. The number of rotatable bonds is 3. The van der Waals surface area contributed by atoms with Crippen molar-refractivity contribution in [3.63, 3.8) is 0 Å². The molecule has 0 saturated carbocycles. The highest BCUT2D eigenvalue weighted by Crippen LogP contribution is 2.28. The summed E-state index contributed by atoms with van der Waals surface area (Å²) in [6.45, 7) is 6.48. The van der Waals surface area contributed by atoms with Crippen molar-refractivity contribution in [1.82, 2.24) is 20.0 Å². The molecule has 0 amide bonds. The zero-order valence-electron chi connectivity index (χ0n) is 12.3. The zero-order valence-corrected chi connectivity index (χ0v) is 13.1. The third kappa shape index (κ3) is 2.48. The van der Waals surface area contributed by atoms with Gasteiger partial charge in [-0.1, -0.05) is 40.3 Å². The summed E-state index contributed by atoms with van der Waals surface area (Å²) in [5.74, 6) is 0. The first kappa shape index (κ1) is 13.9. The monoisotopic (exact) mass is 299 g/mol. The molecule has 2 aromatic heterocycles. The van der Waals surface area contributed by atoms with Gasteiger partial charge in [0.15, 0.2) is 0 Å². The quantitative estimate of drug-likeness (QED) is 0.807. The van der Waals surface area contributed by atoms with Crippen LogP contribution in [0.3, 0.4) is 0 Å². The third-order valence-corrected chi connectivity index (χ3v) is 4.47. The van der Waals surface area contributed by atoms with Crippen LogP contribution in [0.15, 0.2) is 24.3 Å². The van der Waals surface area contributed by atoms with Gasteiger partial charge in [-0.05, 0) is 26.8 Å². The topological polar surface area (TPSA) is 69.6 Å². The predicted octanol–water partition coefficient (Wildman–Crippen LogP) is 2.77. The van der Waals surface area contributed by atoms with Gasteiger partial charge in [0.05, 0.1) is 5.69 Å². The Morgan fingerprint density at radius 3 is 2.67 bits per heavy atom. The lowest BCUT2D eigenvalue weighted by Crippen LogP contribution is -2.02. The Hall–Kier alpha value is -2.05. The Kier molecular flexibility index (Phi) is 3.57. The van der Waals surface area contributed by atoms with Gasteiger partial charge in [-0.2, -0.15) is 4.68 Å². The molecule has 0 radical (unpaired) electrons. The van der Waals surface area contributed by atoms with Crippen molar-refractivity contribution in [3.8, 4) is 16.4 Å². The highest BCUT2D eigenvalue weighted by molar-refractivity contribution is 7.14. The molecule has 0 aliphatic heterocycles. The smallest absolute Gasteiger partial charge is 0.212 e. The van der Waals surface area contributed by atoms with E-state index in [9.17, 15) is 0 Å². The van der Waals surface area contributed by atoms with E-state index in [1.807, 2.05) is 13.0 Å². The average Bonchev–Trinajstić information content (AvgIpc) is 3.03. The summed E-state index contributed by atoms with van der Waals surface area (Å²) in [4.78, 5) is 5.76. The molecule has 6 heteroatoms. The highest BCUT2D eigenvalue weighted by Gasteiger charge is 2.18. The van der Waals surface area contributed by atoms with Crippen molar-refractivity contribution in [2.24, 2.45) is 5.73 Å². The second-order valence-electron chi connectivity index (χ2n) is 5.01. The van der Waals surface area contributed by atoms with Crippen LogP contribution in [-0.4, -0.2) is 20.0 Å². The molecule has 0 aliphatic rings. The number of hydrogen-bond acceptors (Lipinski definition) is 5. The van der Waals surface area contributed by atoms with Gasteiger partial charge >= 0.3 is 0 Å². The normalized spacial score (nSPS) is 11.0. The first-order valence-electron chi connectivity index (χ1n) is 6.76. The van der Waals surface area contributed by atoms with Gasteiger partial charge in [-0.25, -0.2) is 4.98 Å². The molecular weight excluding hydrogens is 282 g/mol. The minimum atomic E-state index is 0.354. The van der Waals surface area contributed by atoms with E-state index in [1.165, 1.54) is 10.4 Å². The maximum atomic E-state index is 5.82. The van der Waals surface area contributed by atoms with Crippen molar-refractivity contribution in [2.45, 2.75) is 27.3 Å². The van der Waals surface area contributed by atoms with Gasteiger partial charge in [0.2, 0.25) is 5.13 Å². The number of benzene rings is 1. The van der Waals surface area contributed by atoms with Crippen LogP contribution < -0.4 is 5.73 Å². The second kappa shape index (κ2) is 5.38. The van der Waals surface area contributed by atoms with Crippen molar-refractivity contribution < 1.29 is 0 Å². The van der Waals surface area contributed by atoms with Gasteiger partial charge in [0.1, 0.15) is 11.4 Å². The van der Waals surface area contributed by atoms with E-state index in [0.717, 1.165) is 27.8 Å². The summed E-state index contributed by atoms with van der Waals surface area (Å²) >= 11 is 1.61. The van der Waals surface area contributed by atoms with E-state index in [2.05, 4.69) is 47.3 Å². The second-order valence-corrected chi connectivity index (χ2v) is 6.19. The Bertz CT molecular complexity index is 768. The van der Waals surface area contributed by atoms with E-state index in [0.29, 0.717) is 6.54 Å². The summed E-state index contributed by atoms with van der Waals surface area (Å²) in [5, 5.41) is 9.29. The van der Waals surface area contributed by atoms with Crippen LogP contribution in [-0.2, 0) is 6.54 Å². The lowest BCUT2D eigenvalue weighted by molar-refractivity contribution is 0.792. The molecule has 5 nitrogen and oxygen atoms in total. The Labute approximate surface area is 127 Å². The van der Waals surface area contributed by atoms with Gasteiger partial charge in [-0.15, -0.1) is 5.10 Å². The molecule has 3 rings (SSSR count). The van der Waals surface area contributed by atoms with Crippen LogP contribution in [0.5, 0.6) is 0 Å². The molecule has 0 fully saturated rings. The van der Waals surface area contributed by atoms with Gasteiger partial charge in [0.25, 0.3) is 0 Å². The number of nitrogens with two attached hydrogens (primary N) is 1. The van der Waals surface area contributed by atoms with E-state index >= 15 is 0 Å². The summed E-state index contributed by atoms with van der Waals surface area (Å²) in [5.41, 5.74) is 10.8. The molecule has 0 bridgehead atoms. The molecule has 3 aromatic rings. The molecular formula is C15H17N5S. The van der Waals surface area contributed by atoms with Crippen molar-refractivity contribution in [2.75, 3.05) is 0 Å². The Balaban J connectivity index is 2.21. The first-order chi connectivity index (χ1) is 10.1. The number of thiazole rings is 1. The summed E-state index contributed by atoms with van der Waals surface area (Å²) in [7, 11) is 0. The molecule has 2 heterocycles. The lowest BCUT2D eigenvalue weighted by atomic mass is 10.1. The van der Waals surface area contributed by atoms with Gasteiger partial charge < -0.3 is 5.73 Å². The largest absolute Gasteiger partial charge is 0.325 e. The van der Waals surface area contributed by atoms with Crippen LogP contribution in [0.25, 0.3) is 16.4 Å². The molecule has 1 aromatic carbocycles. The molecule has 0 aliphatic carbocycles. The van der Waals surface area contributed by atoms with Crippen molar-refractivity contribution in [3.05, 3.63) is 46.1 Å². The fourth-order valence-corrected chi connectivity index (χ4v) is 3.08. The third-order valence-electron chi connectivity index (χ3n) is 3.42. The minimum absolute atomic E-state index is 0.354. The maximum Gasteiger partial charge on any atom is 0.212 e. The standard InChI is InChI=1S/C15H17N5S/c1-9-5-4-6-12(7-9)14-13(8-16)18-19-20(14)15-17-10(2)11(3)21-15/h4-7H,8,16H2,1-3H3. The van der Waals surface area contributed by atoms with Crippen LogP contribution in [0.2, 0.25) is 0 Å². The van der Waals surface area contributed by atoms with Crippen LogP contribution in [0.4, 0.5) is 0 Å². The highest BCUT2D eigenvalue weighted by atomic mass is 32.1. The van der Waals surface area contributed by atoms with Crippen LogP contribution >= 0.6 is 11.3 Å². The number of aromatic nitrogens is 4. The molecule has 108 valence electrons. The van der Waals surface area contributed by atoms with Crippen molar-refractivity contribution >= 4 is 11.3 Å². The van der Waals surface area contributed by atoms with Gasteiger partial charge in [-0.3, -0.25) is 0 Å². The van der Waals surface area contributed by atoms with Crippen LogP contribution in [0, 0.1) is 20.8 Å². The Morgan fingerprint density at radius 1 is 1.24 bits per heavy atom. The number of aryl methyl sites for hydroxylation is 3. The summed E-state index contributed by atoms with van der Waals surface area (Å²) in [6, 6.07) is 8.26. The maximum absolute atomic E-state index is 5.82. The molecule has 2 N–H and O–H groups in total. The minimum Gasteiger partial charge on any atom is -0.325 e. The molecule has 0 spiro atoms.